The van der Waals surface area contributed by atoms with Gasteiger partial charge in [-0.25, -0.2) is 0 Å². The van der Waals surface area contributed by atoms with E-state index < -0.39 is 12.0 Å². The summed E-state index contributed by atoms with van der Waals surface area (Å²) in [6.45, 7) is 3.99. The van der Waals surface area contributed by atoms with E-state index in [-0.39, 0.29) is 5.91 Å². The molecule has 0 aliphatic carbocycles. The minimum absolute atomic E-state index is 0.240. The van der Waals surface area contributed by atoms with Crippen molar-refractivity contribution in [3.05, 3.63) is 29.8 Å². The van der Waals surface area contributed by atoms with Crippen molar-refractivity contribution in [2.45, 2.75) is 39.2 Å². The van der Waals surface area contributed by atoms with Crippen LogP contribution >= 0.6 is 0 Å². The molecule has 0 bridgehead atoms. The van der Waals surface area contributed by atoms with Crippen LogP contribution in [0.15, 0.2) is 24.3 Å². The summed E-state index contributed by atoms with van der Waals surface area (Å²) in [5.41, 5.74) is 1.14. The van der Waals surface area contributed by atoms with Crippen LogP contribution in [0.3, 0.4) is 0 Å². The van der Waals surface area contributed by atoms with Crippen LogP contribution in [0.25, 0.3) is 0 Å². The largest absolute Gasteiger partial charge is 0.494 e. The van der Waals surface area contributed by atoms with Gasteiger partial charge in [0.25, 0.3) is 0 Å². The lowest BCUT2D eigenvalue weighted by molar-refractivity contribution is -0.141. The van der Waals surface area contributed by atoms with Gasteiger partial charge in [0.1, 0.15) is 11.8 Å². The Morgan fingerprint density at radius 2 is 2.10 bits per heavy atom. The van der Waals surface area contributed by atoms with Gasteiger partial charge in [0, 0.05) is 6.42 Å². The Balaban J connectivity index is 2.13. The quantitative estimate of drug-likeness (QED) is 0.715. The van der Waals surface area contributed by atoms with Crippen LogP contribution in [-0.2, 0) is 9.59 Å². The number of carboxylic acids is 1. The maximum Gasteiger partial charge on any atom is 0.325 e. The second-order valence-corrected chi connectivity index (χ2v) is 4.75. The molecule has 0 saturated carbocycles. The molecule has 2 N–H and O–H groups in total. The van der Waals surface area contributed by atoms with Crippen LogP contribution < -0.4 is 10.1 Å². The van der Waals surface area contributed by atoms with Crippen molar-refractivity contribution in [1.29, 1.82) is 0 Å². The first-order valence-electron chi connectivity index (χ1n) is 6.70. The third kappa shape index (κ3) is 6.22. The molecule has 0 heterocycles. The molecule has 20 heavy (non-hydrogen) atoms. The number of ether oxygens (including phenoxy) is 1. The number of unbranched alkanes of at least 4 members (excludes halogenated alkanes) is 1. The van der Waals surface area contributed by atoms with E-state index in [1.54, 1.807) is 0 Å². The Morgan fingerprint density at radius 3 is 2.75 bits per heavy atom. The summed E-state index contributed by atoms with van der Waals surface area (Å²) in [5, 5.41) is 11.1. The highest BCUT2D eigenvalue weighted by Crippen LogP contribution is 2.12. The Kier molecular flexibility index (Phi) is 6.56. The number of carboxylic acid groups (broad SMARTS) is 1. The molecule has 0 aliphatic rings. The van der Waals surface area contributed by atoms with Gasteiger partial charge in [-0.2, -0.15) is 0 Å². The zero-order chi connectivity index (χ0) is 15.0. The molecule has 0 radical (unpaired) electrons. The average Bonchev–Trinajstić information content (AvgIpc) is 2.38. The summed E-state index contributed by atoms with van der Waals surface area (Å²) in [6, 6.07) is 6.95. The minimum atomic E-state index is -1.03. The number of amides is 1. The number of carbonyl (C=O) groups excluding carboxylic acids is 1. The molecule has 1 amide bonds. The van der Waals surface area contributed by atoms with Crippen LogP contribution in [0.2, 0.25) is 0 Å². The fourth-order valence-corrected chi connectivity index (χ4v) is 1.66. The molecule has 5 heteroatoms. The van der Waals surface area contributed by atoms with E-state index in [2.05, 4.69) is 5.32 Å². The highest BCUT2D eigenvalue weighted by molar-refractivity contribution is 5.83. The maximum atomic E-state index is 11.4. The third-order valence-electron chi connectivity index (χ3n) is 2.80. The molecule has 0 unspecified atom stereocenters. The van der Waals surface area contributed by atoms with E-state index in [4.69, 9.17) is 9.84 Å². The second-order valence-electron chi connectivity index (χ2n) is 4.75. The lowest BCUT2D eigenvalue weighted by atomic mass is 10.2. The number of carbonyl (C=O) groups is 2. The standard InChI is InChI=1S/C15H21NO4/c1-11-6-5-7-13(10-11)20-9-4-3-8-14(17)16-12(2)15(18)19/h5-7,10,12H,3-4,8-9H2,1-2H3,(H,16,17)(H,18,19)/t12-/m0/s1. The molecule has 0 spiro atoms. The average molecular weight is 279 g/mol. The summed E-state index contributed by atoms with van der Waals surface area (Å²) in [5.74, 6) is -0.439. The molecule has 0 saturated heterocycles. The Hall–Kier alpha value is -2.04. The van der Waals surface area contributed by atoms with E-state index >= 15 is 0 Å². The van der Waals surface area contributed by atoms with Crippen molar-refractivity contribution < 1.29 is 19.4 Å². The normalized spacial score (nSPS) is 11.7. The summed E-state index contributed by atoms with van der Waals surface area (Å²) >= 11 is 0. The SMILES string of the molecule is Cc1cccc(OCCCCC(=O)N[C@@H](C)C(=O)O)c1. The van der Waals surface area contributed by atoms with Gasteiger partial charge in [0.2, 0.25) is 5.91 Å². The van der Waals surface area contributed by atoms with Crippen LogP contribution in [0.5, 0.6) is 5.75 Å². The third-order valence-corrected chi connectivity index (χ3v) is 2.80. The number of aliphatic carboxylic acids is 1. The molecule has 5 nitrogen and oxygen atoms in total. The van der Waals surface area contributed by atoms with Gasteiger partial charge < -0.3 is 15.2 Å². The van der Waals surface area contributed by atoms with Crippen molar-refractivity contribution in [3.8, 4) is 5.75 Å². The molecular formula is C15H21NO4. The van der Waals surface area contributed by atoms with Gasteiger partial charge in [0.05, 0.1) is 6.61 Å². The highest BCUT2D eigenvalue weighted by atomic mass is 16.5. The van der Waals surface area contributed by atoms with Crippen molar-refractivity contribution in [2.24, 2.45) is 0 Å². The van der Waals surface area contributed by atoms with Crippen molar-refractivity contribution in [2.75, 3.05) is 6.61 Å². The first kappa shape index (κ1) is 16.0. The number of rotatable bonds is 8. The molecule has 0 aromatic heterocycles. The van der Waals surface area contributed by atoms with Crippen LogP contribution in [-0.4, -0.2) is 29.6 Å². The Bertz CT molecular complexity index is 459. The van der Waals surface area contributed by atoms with Crippen molar-refractivity contribution >= 4 is 11.9 Å². The Labute approximate surface area is 118 Å². The highest BCUT2D eigenvalue weighted by Gasteiger charge is 2.13. The van der Waals surface area contributed by atoms with Crippen molar-refractivity contribution in [3.63, 3.8) is 0 Å². The van der Waals surface area contributed by atoms with E-state index in [1.807, 2.05) is 31.2 Å². The van der Waals surface area contributed by atoms with E-state index in [0.29, 0.717) is 19.4 Å². The van der Waals surface area contributed by atoms with E-state index in [9.17, 15) is 9.59 Å². The number of nitrogens with one attached hydrogen (secondary N) is 1. The monoisotopic (exact) mass is 279 g/mol. The summed E-state index contributed by atoms with van der Waals surface area (Å²) in [7, 11) is 0. The molecule has 1 aromatic rings. The first-order valence-corrected chi connectivity index (χ1v) is 6.70. The number of hydrogen-bond donors (Lipinski definition) is 2. The summed E-state index contributed by atoms with van der Waals surface area (Å²) < 4.78 is 5.56. The van der Waals surface area contributed by atoms with E-state index in [1.165, 1.54) is 6.92 Å². The zero-order valence-corrected chi connectivity index (χ0v) is 11.9. The lowest BCUT2D eigenvalue weighted by Crippen LogP contribution is -2.38. The summed E-state index contributed by atoms with van der Waals surface area (Å²) in [6.07, 6.45) is 1.74. The van der Waals surface area contributed by atoms with Crippen LogP contribution in [0.1, 0.15) is 31.7 Å². The molecular weight excluding hydrogens is 258 g/mol. The minimum Gasteiger partial charge on any atom is -0.494 e. The zero-order valence-electron chi connectivity index (χ0n) is 11.9. The summed E-state index contributed by atoms with van der Waals surface area (Å²) in [4.78, 5) is 22.0. The molecule has 110 valence electrons. The van der Waals surface area contributed by atoms with E-state index in [0.717, 1.165) is 17.7 Å². The smallest absolute Gasteiger partial charge is 0.325 e. The van der Waals surface area contributed by atoms with Gasteiger partial charge in [0.15, 0.2) is 0 Å². The van der Waals surface area contributed by atoms with Gasteiger partial charge in [-0.15, -0.1) is 0 Å². The predicted molar refractivity (Wildman–Crippen MR) is 75.8 cm³/mol. The van der Waals surface area contributed by atoms with Gasteiger partial charge in [-0.05, 0) is 44.4 Å². The Morgan fingerprint density at radius 1 is 1.35 bits per heavy atom. The van der Waals surface area contributed by atoms with Crippen LogP contribution in [0, 0.1) is 6.92 Å². The fraction of sp³-hybridized carbons (Fsp3) is 0.467. The maximum absolute atomic E-state index is 11.4. The first-order chi connectivity index (χ1) is 9.49. The molecule has 1 aromatic carbocycles. The van der Waals surface area contributed by atoms with Crippen LogP contribution in [0.4, 0.5) is 0 Å². The van der Waals surface area contributed by atoms with Gasteiger partial charge in [-0.3, -0.25) is 9.59 Å². The number of benzene rings is 1. The molecule has 1 atom stereocenters. The molecule has 0 fully saturated rings. The molecule has 0 aliphatic heterocycles. The van der Waals surface area contributed by atoms with Crippen molar-refractivity contribution in [1.82, 2.24) is 5.32 Å². The fourth-order valence-electron chi connectivity index (χ4n) is 1.66. The van der Waals surface area contributed by atoms with Gasteiger partial charge >= 0.3 is 5.97 Å². The second kappa shape index (κ2) is 8.19. The predicted octanol–water partition coefficient (Wildman–Crippen LogP) is 2.13. The lowest BCUT2D eigenvalue weighted by Gasteiger charge is -2.09. The topological polar surface area (TPSA) is 75.6 Å². The van der Waals surface area contributed by atoms with Gasteiger partial charge in [-0.1, -0.05) is 12.1 Å². The number of aryl methyl sites for hydroxylation is 1. The molecule has 1 rings (SSSR count). The number of hydrogen-bond acceptors (Lipinski definition) is 3.